The van der Waals surface area contributed by atoms with Crippen LogP contribution in [0, 0.1) is 0 Å². The molecule has 2 rings (SSSR count). The molecule has 0 radical (unpaired) electrons. The molecule has 10 heteroatoms. The van der Waals surface area contributed by atoms with Crippen molar-refractivity contribution in [3.63, 3.8) is 0 Å². The molecule has 0 saturated heterocycles. The topological polar surface area (TPSA) is 150 Å². The van der Waals surface area contributed by atoms with Crippen molar-refractivity contribution in [2.45, 2.75) is 0 Å². The minimum atomic E-state index is -0.951. The number of benzene rings is 1. The Balaban J connectivity index is 2.18. The lowest BCUT2D eigenvalue weighted by molar-refractivity contribution is 0.0474. The number of ketones is 1. The van der Waals surface area contributed by atoms with Crippen LogP contribution in [0.4, 0.5) is 11.5 Å². The minimum absolute atomic E-state index is 0.0899. The highest BCUT2D eigenvalue weighted by atomic mass is 35.5. The summed E-state index contributed by atoms with van der Waals surface area (Å²) in [7, 11) is 1.28. The number of Topliss-reactive ketones (excluding diaryl/α,β-unsaturated/α-hetero) is 1. The van der Waals surface area contributed by atoms with Crippen LogP contribution >= 0.6 is 11.6 Å². The summed E-state index contributed by atoms with van der Waals surface area (Å²) in [6.45, 7) is -0.729. The summed E-state index contributed by atoms with van der Waals surface area (Å²) in [6, 6.07) is 4.08. The molecule has 2 aromatic rings. The van der Waals surface area contributed by atoms with Crippen molar-refractivity contribution in [3.05, 3.63) is 55.2 Å². The van der Waals surface area contributed by atoms with Gasteiger partial charge in [-0.05, 0) is 18.2 Å². The zero-order chi connectivity index (χ0) is 18.0. The summed E-state index contributed by atoms with van der Waals surface area (Å²) in [5.74, 6) is -1.99. The molecule has 0 atom stereocenters. The van der Waals surface area contributed by atoms with Gasteiger partial charge in [-0.25, -0.2) is 9.59 Å². The molecule has 0 aliphatic rings. The molecule has 0 aliphatic heterocycles. The standard InChI is InChI=1S/C14H13ClN4O5/c1-19-11(17)10(12(21)18-14(19)23)9(20)5-24-13(22)6-2-3-7(15)8(16)4-6/h2-4H,5,16-17H2,1H3,(H,18,21,23). The number of nitrogens with zero attached hydrogens (tertiary/aromatic N) is 1. The summed E-state index contributed by atoms with van der Waals surface area (Å²) in [6.07, 6.45) is 0. The first-order valence-corrected chi connectivity index (χ1v) is 6.94. The van der Waals surface area contributed by atoms with Gasteiger partial charge in [-0.3, -0.25) is 19.1 Å². The third-order valence-electron chi connectivity index (χ3n) is 3.21. The van der Waals surface area contributed by atoms with Crippen molar-refractivity contribution in [2.75, 3.05) is 18.1 Å². The van der Waals surface area contributed by atoms with E-state index in [-0.39, 0.29) is 22.1 Å². The smallest absolute Gasteiger partial charge is 0.338 e. The number of hydrogen-bond acceptors (Lipinski definition) is 7. The van der Waals surface area contributed by atoms with Crippen molar-refractivity contribution < 1.29 is 14.3 Å². The Kier molecular flexibility index (Phi) is 4.74. The first kappa shape index (κ1) is 17.3. The number of nitrogen functional groups attached to an aromatic ring is 2. The van der Waals surface area contributed by atoms with Gasteiger partial charge in [0.1, 0.15) is 11.4 Å². The van der Waals surface area contributed by atoms with E-state index in [4.69, 9.17) is 27.8 Å². The van der Waals surface area contributed by atoms with Crippen molar-refractivity contribution in [2.24, 2.45) is 7.05 Å². The Bertz CT molecular complexity index is 947. The molecule has 5 N–H and O–H groups in total. The van der Waals surface area contributed by atoms with E-state index >= 15 is 0 Å². The molecule has 0 aliphatic carbocycles. The number of anilines is 2. The lowest BCUT2D eigenvalue weighted by Crippen LogP contribution is -2.35. The third kappa shape index (κ3) is 3.30. The SMILES string of the molecule is Cn1c(N)c(C(=O)COC(=O)c2ccc(Cl)c(N)c2)c(=O)[nH]c1=O. The first-order chi connectivity index (χ1) is 11.2. The predicted molar refractivity (Wildman–Crippen MR) is 87.2 cm³/mol. The van der Waals surface area contributed by atoms with E-state index in [1.807, 2.05) is 4.98 Å². The Hall–Kier alpha value is -3.07. The van der Waals surface area contributed by atoms with Gasteiger partial charge in [-0.1, -0.05) is 11.6 Å². The number of hydrogen-bond donors (Lipinski definition) is 3. The molecule has 1 heterocycles. The molecule has 0 bridgehead atoms. The van der Waals surface area contributed by atoms with Gasteiger partial charge in [0, 0.05) is 7.05 Å². The fourth-order valence-corrected chi connectivity index (χ4v) is 1.98. The van der Waals surface area contributed by atoms with Crippen molar-refractivity contribution in [1.29, 1.82) is 0 Å². The zero-order valence-electron chi connectivity index (χ0n) is 12.5. The van der Waals surface area contributed by atoms with E-state index in [9.17, 15) is 19.2 Å². The van der Waals surface area contributed by atoms with Gasteiger partial charge in [-0.2, -0.15) is 0 Å². The lowest BCUT2D eigenvalue weighted by Gasteiger charge is -2.08. The van der Waals surface area contributed by atoms with Gasteiger partial charge < -0.3 is 16.2 Å². The number of aromatic amines is 1. The van der Waals surface area contributed by atoms with Gasteiger partial charge in [0.2, 0.25) is 5.78 Å². The largest absolute Gasteiger partial charge is 0.454 e. The van der Waals surface area contributed by atoms with Crippen molar-refractivity contribution in [1.82, 2.24) is 9.55 Å². The van der Waals surface area contributed by atoms with E-state index in [0.29, 0.717) is 0 Å². The van der Waals surface area contributed by atoms with Crippen LogP contribution in [-0.4, -0.2) is 27.9 Å². The average molecular weight is 353 g/mol. The number of H-pyrrole nitrogens is 1. The summed E-state index contributed by atoms with van der Waals surface area (Å²) < 4.78 is 5.74. The number of rotatable bonds is 4. The van der Waals surface area contributed by atoms with E-state index in [0.717, 1.165) is 4.57 Å². The maximum Gasteiger partial charge on any atom is 0.338 e. The van der Waals surface area contributed by atoms with Gasteiger partial charge in [0.25, 0.3) is 5.56 Å². The molecule has 0 saturated carbocycles. The molecule has 0 amide bonds. The molecule has 0 fully saturated rings. The van der Waals surface area contributed by atoms with Crippen molar-refractivity contribution >= 4 is 34.9 Å². The number of carbonyl (C=O) groups is 2. The number of nitrogens with two attached hydrogens (primary N) is 2. The Morgan fingerprint density at radius 2 is 1.96 bits per heavy atom. The Labute approximate surface area is 139 Å². The van der Waals surface area contributed by atoms with Crippen LogP contribution in [0.3, 0.4) is 0 Å². The molecule has 0 spiro atoms. The molecule has 126 valence electrons. The van der Waals surface area contributed by atoms with E-state index < -0.39 is 35.2 Å². The van der Waals surface area contributed by atoms with E-state index in [1.165, 1.54) is 25.2 Å². The van der Waals surface area contributed by atoms with Crippen LogP contribution in [0.2, 0.25) is 5.02 Å². The van der Waals surface area contributed by atoms with Crippen LogP contribution in [0.5, 0.6) is 0 Å². The number of aromatic nitrogens is 2. The lowest BCUT2D eigenvalue weighted by atomic mass is 10.2. The Morgan fingerprint density at radius 3 is 2.58 bits per heavy atom. The number of esters is 1. The second kappa shape index (κ2) is 6.59. The highest BCUT2D eigenvalue weighted by Crippen LogP contribution is 2.20. The minimum Gasteiger partial charge on any atom is -0.454 e. The fourth-order valence-electron chi connectivity index (χ4n) is 1.86. The number of carbonyl (C=O) groups excluding carboxylic acids is 2. The van der Waals surface area contributed by atoms with Crippen LogP contribution in [0.15, 0.2) is 27.8 Å². The normalized spacial score (nSPS) is 10.4. The number of nitrogens with one attached hydrogen (secondary N) is 1. The van der Waals surface area contributed by atoms with Crippen LogP contribution < -0.4 is 22.7 Å². The molecule has 1 aromatic heterocycles. The molecular formula is C14H13ClN4O5. The maximum absolute atomic E-state index is 12.1. The molecular weight excluding hydrogens is 340 g/mol. The van der Waals surface area contributed by atoms with Gasteiger partial charge in [0.15, 0.2) is 6.61 Å². The summed E-state index contributed by atoms with van der Waals surface area (Å²) >= 11 is 5.74. The molecule has 9 nitrogen and oxygen atoms in total. The number of halogens is 1. The molecule has 24 heavy (non-hydrogen) atoms. The van der Waals surface area contributed by atoms with Crippen LogP contribution in [-0.2, 0) is 11.8 Å². The highest BCUT2D eigenvalue weighted by molar-refractivity contribution is 6.33. The fraction of sp³-hybridized carbons (Fsp3) is 0.143. The monoisotopic (exact) mass is 352 g/mol. The summed E-state index contributed by atoms with van der Waals surface area (Å²) in [5, 5.41) is 0.270. The van der Waals surface area contributed by atoms with Gasteiger partial charge >= 0.3 is 11.7 Å². The Morgan fingerprint density at radius 1 is 1.29 bits per heavy atom. The molecule has 1 aromatic carbocycles. The third-order valence-corrected chi connectivity index (χ3v) is 3.56. The van der Waals surface area contributed by atoms with Gasteiger partial charge in [0.05, 0.1) is 16.3 Å². The number of ether oxygens (including phenoxy) is 1. The van der Waals surface area contributed by atoms with E-state index in [1.54, 1.807) is 0 Å². The van der Waals surface area contributed by atoms with Crippen LogP contribution in [0.25, 0.3) is 0 Å². The summed E-state index contributed by atoms with van der Waals surface area (Å²) in [4.78, 5) is 49.0. The average Bonchev–Trinajstić information content (AvgIpc) is 2.53. The second-order valence-electron chi connectivity index (χ2n) is 4.81. The second-order valence-corrected chi connectivity index (χ2v) is 5.22. The summed E-state index contributed by atoms with van der Waals surface area (Å²) in [5.41, 5.74) is 9.26. The predicted octanol–water partition coefficient (Wildman–Crippen LogP) is -0.0689. The maximum atomic E-state index is 12.1. The van der Waals surface area contributed by atoms with Crippen LogP contribution in [0.1, 0.15) is 20.7 Å². The van der Waals surface area contributed by atoms with Crippen molar-refractivity contribution in [3.8, 4) is 0 Å². The highest BCUT2D eigenvalue weighted by Gasteiger charge is 2.20. The quantitative estimate of drug-likeness (QED) is 0.396. The van der Waals surface area contributed by atoms with E-state index in [2.05, 4.69) is 0 Å². The zero-order valence-corrected chi connectivity index (χ0v) is 13.2. The first-order valence-electron chi connectivity index (χ1n) is 6.56. The molecule has 0 unspecified atom stereocenters. The van der Waals surface area contributed by atoms with Gasteiger partial charge in [-0.15, -0.1) is 0 Å².